The fraction of sp³-hybridized carbons (Fsp3) is 0.105. The summed E-state index contributed by atoms with van der Waals surface area (Å²) in [4.78, 5) is 14.5. The first-order valence-electron chi connectivity index (χ1n) is 8.21. The highest BCUT2D eigenvalue weighted by atomic mass is 32.2. The van der Waals surface area contributed by atoms with Crippen LogP contribution in [0.5, 0.6) is 0 Å². The Balaban J connectivity index is 1.60. The van der Waals surface area contributed by atoms with Gasteiger partial charge in [-0.2, -0.15) is 0 Å². The van der Waals surface area contributed by atoms with Gasteiger partial charge in [0.05, 0.1) is 4.88 Å². The summed E-state index contributed by atoms with van der Waals surface area (Å²) in [7, 11) is -4.03. The molecule has 0 saturated heterocycles. The molecular formula is C19H15FN2O3S2. The van der Waals surface area contributed by atoms with E-state index in [4.69, 9.17) is 0 Å². The maximum absolute atomic E-state index is 13.8. The quantitative estimate of drug-likeness (QED) is 0.720. The van der Waals surface area contributed by atoms with Crippen LogP contribution in [0.2, 0.25) is 0 Å². The van der Waals surface area contributed by atoms with Crippen LogP contribution < -0.4 is 9.62 Å². The summed E-state index contributed by atoms with van der Waals surface area (Å²) in [5.74, 6) is -0.873. The van der Waals surface area contributed by atoms with E-state index in [1.54, 1.807) is 29.2 Å². The number of amides is 1. The van der Waals surface area contributed by atoms with Crippen molar-refractivity contribution in [3.63, 3.8) is 0 Å². The van der Waals surface area contributed by atoms with Crippen molar-refractivity contribution < 1.29 is 17.6 Å². The van der Waals surface area contributed by atoms with Crippen molar-refractivity contribution in [2.75, 3.05) is 16.2 Å². The normalized spacial score (nSPS) is 13.4. The minimum Gasteiger partial charge on any atom is -0.307 e. The van der Waals surface area contributed by atoms with Gasteiger partial charge in [0.1, 0.15) is 10.7 Å². The van der Waals surface area contributed by atoms with Crippen LogP contribution in [0.15, 0.2) is 64.9 Å². The first-order chi connectivity index (χ1) is 13.0. The van der Waals surface area contributed by atoms with Crippen molar-refractivity contribution in [3.05, 3.63) is 76.2 Å². The van der Waals surface area contributed by atoms with Gasteiger partial charge in [-0.25, -0.2) is 12.8 Å². The molecule has 27 heavy (non-hydrogen) atoms. The third kappa shape index (κ3) is 3.33. The van der Waals surface area contributed by atoms with Crippen molar-refractivity contribution in [3.8, 4) is 0 Å². The summed E-state index contributed by atoms with van der Waals surface area (Å²) in [6, 6.07) is 13.8. The topological polar surface area (TPSA) is 66.5 Å². The Bertz CT molecular complexity index is 1110. The Kier molecular flexibility index (Phi) is 4.45. The van der Waals surface area contributed by atoms with Gasteiger partial charge in [0.15, 0.2) is 0 Å². The number of fused-ring (bicyclic) bond motifs is 1. The largest absolute Gasteiger partial charge is 0.307 e. The standard InChI is InChI=1S/C19H15FN2O3S2/c20-15-4-1-2-6-18(15)27(24,25)21-14-7-8-16-13(12-14)9-10-22(16)19(23)17-5-3-11-26-17/h1-8,11-12,21H,9-10H2. The van der Waals surface area contributed by atoms with Crippen LogP contribution >= 0.6 is 11.3 Å². The molecule has 0 atom stereocenters. The smallest absolute Gasteiger partial charge is 0.268 e. The van der Waals surface area contributed by atoms with Crippen LogP contribution in [0.25, 0.3) is 0 Å². The Morgan fingerprint density at radius 1 is 1.11 bits per heavy atom. The number of carbonyl (C=O) groups excluding carboxylic acids is 1. The van der Waals surface area contributed by atoms with Crippen LogP contribution in [0.4, 0.5) is 15.8 Å². The van der Waals surface area contributed by atoms with E-state index < -0.39 is 20.7 Å². The average Bonchev–Trinajstić information content (AvgIpc) is 3.31. The molecular weight excluding hydrogens is 387 g/mol. The SMILES string of the molecule is O=C(c1cccs1)N1CCc2cc(NS(=O)(=O)c3ccccc3F)ccc21. The van der Waals surface area contributed by atoms with Gasteiger partial charge in [0.25, 0.3) is 15.9 Å². The number of halogens is 1. The number of rotatable bonds is 4. The Hall–Kier alpha value is -2.71. The molecule has 1 aromatic heterocycles. The molecule has 2 aromatic carbocycles. The van der Waals surface area contributed by atoms with E-state index in [9.17, 15) is 17.6 Å². The van der Waals surface area contributed by atoms with E-state index >= 15 is 0 Å². The molecule has 0 saturated carbocycles. The fourth-order valence-electron chi connectivity index (χ4n) is 3.08. The lowest BCUT2D eigenvalue weighted by atomic mass is 10.1. The molecule has 1 aliphatic heterocycles. The van der Waals surface area contributed by atoms with E-state index in [0.29, 0.717) is 23.5 Å². The first kappa shape index (κ1) is 17.7. The van der Waals surface area contributed by atoms with Gasteiger partial charge < -0.3 is 4.90 Å². The molecule has 138 valence electrons. The molecule has 5 nitrogen and oxygen atoms in total. The molecule has 8 heteroatoms. The number of nitrogens with zero attached hydrogens (tertiary/aromatic N) is 1. The number of carbonyl (C=O) groups is 1. The summed E-state index contributed by atoms with van der Waals surface area (Å²) < 4.78 is 41.1. The van der Waals surface area contributed by atoms with E-state index in [2.05, 4.69) is 4.72 Å². The maximum atomic E-state index is 13.8. The molecule has 4 rings (SSSR count). The predicted molar refractivity (Wildman–Crippen MR) is 103 cm³/mol. The molecule has 0 radical (unpaired) electrons. The third-order valence-electron chi connectivity index (χ3n) is 4.33. The molecule has 0 unspecified atom stereocenters. The van der Waals surface area contributed by atoms with Gasteiger partial charge in [-0.15, -0.1) is 11.3 Å². The number of anilines is 2. The highest BCUT2D eigenvalue weighted by Gasteiger charge is 2.27. The van der Waals surface area contributed by atoms with E-state index in [-0.39, 0.29) is 5.91 Å². The Labute approximate surface area is 160 Å². The van der Waals surface area contributed by atoms with Crippen molar-refractivity contribution in [2.45, 2.75) is 11.3 Å². The van der Waals surface area contributed by atoms with Gasteiger partial charge in [0, 0.05) is 17.9 Å². The second kappa shape index (κ2) is 6.79. The van der Waals surface area contributed by atoms with Crippen molar-refractivity contribution >= 4 is 38.6 Å². The molecule has 0 spiro atoms. The average molecular weight is 402 g/mol. The number of hydrogen-bond acceptors (Lipinski definition) is 4. The zero-order valence-electron chi connectivity index (χ0n) is 14.1. The second-order valence-electron chi connectivity index (χ2n) is 6.06. The van der Waals surface area contributed by atoms with Crippen LogP contribution in [0.1, 0.15) is 15.2 Å². The van der Waals surface area contributed by atoms with Crippen molar-refractivity contribution in [1.82, 2.24) is 0 Å². The zero-order valence-corrected chi connectivity index (χ0v) is 15.7. The highest BCUT2D eigenvalue weighted by molar-refractivity contribution is 7.92. The monoisotopic (exact) mass is 402 g/mol. The van der Waals surface area contributed by atoms with Crippen LogP contribution in [0.3, 0.4) is 0 Å². The molecule has 1 N–H and O–H groups in total. The number of thiophene rings is 1. The summed E-state index contributed by atoms with van der Waals surface area (Å²) in [6.45, 7) is 0.537. The molecule has 0 bridgehead atoms. The van der Waals surface area contributed by atoms with Crippen LogP contribution in [0, 0.1) is 5.82 Å². The van der Waals surface area contributed by atoms with Gasteiger partial charge in [-0.1, -0.05) is 18.2 Å². The number of hydrogen-bond donors (Lipinski definition) is 1. The maximum Gasteiger partial charge on any atom is 0.268 e. The summed E-state index contributed by atoms with van der Waals surface area (Å²) in [5.41, 5.74) is 1.97. The lowest BCUT2D eigenvalue weighted by Gasteiger charge is -2.17. The zero-order chi connectivity index (χ0) is 19.0. The number of nitrogens with one attached hydrogen (secondary N) is 1. The van der Waals surface area contributed by atoms with E-state index in [1.807, 2.05) is 11.4 Å². The van der Waals surface area contributed by atoms with Gasteiger partial charge in [-0.3, -0.25) is 9.52 Å². The van der Waals surface area contributed by atoms with E-state index in [1.165, 1.54) is 29.5 Å². The third-order valence-corrected chi connectivity index (χ3v) is 6.60. The second-order valence-corrected chi connectivity index (χ2v) is 8.66. The molecule has 3 aromatic rings. The molecule has 1 aliphatic rings. The minimum atomic E-state index is -4.03. The van der Waals surface area contributed by atoms with Gasteiger partial charge in [-0.05, 0) is 53.8 Å². The van der Waals surface area contributed by atoms with E-state index in [0.717, 1.165) is 17.3 Å². The van der Waals surface area contributed by atoms with Crippen molar-refractivity contribution in [1.29, 1.82) is 0 Å². The summed E-state index contributed by atoms with van der Waals surface area (Å²) >= 11 is 1.38. The Morgan fingerprint density at radius 2 is 1.93 bits per heavy atom. The van der Waals surface area contributed by atoms with Gasteiger partial charge in [0.2, 0.25) is 0 Å². The molecule has 1 amide bonds. The lowest BCUT2D eigenvalue weighted by molar-refractivity contribution is 0.0993. The predicted octanol–water partition coefficient (Wildman–Crippen LogP) is 3.89. The van der Waals surface area contributed by atoms with Crippen molar-refractivity contribution in [2.24, 2.45) is 0 Å². The lowest BCUT2D eigenvalue weighted by Crippen LogP contribution is -2.28. The first-order valence-corrected chi connectivity index (χ1v) is 10.6. The summed E-state index contributed by atoms with van der Waals surface area (Å²) in [6.07, 6.45) is 0.627. The van der Waals surface area contributed by atoms with Crippen LogP contribution in [-0.4, -0.2) is 20.9 Å². The molecule has 0 fully saturated rings. The number of sulfonamides is 1. The van der Waals surface area contributed by atoms with Crippen LogP contribution in [-0.2, 0) is 16.4 Å². The molecule has 0 aliphatic carbocycles. The molecule has 2 heterocycles. The highest BCUT2D eigenvalue weighted by Crippen LogP contribution is 2.33. The number of benzene rings is 2. The van der Waals surface area contributed by atoms with Gasteiger partial charge >= 0.3 is 0 Å². The fourth-order valence-corrected chi connectivity index (χ4v) is 4.88. The minimum absolute atomic E-state index is 0.0663. The summed E-state index contributed by atoms with van der Waals surface area (Å²) in [5, 5.41) is 1.85. The Morgan fingerprint density at radius 3 is 2.67 bits per heavy atom.